The molecule has 0 aromatic rings. The van der Waals surface area contributed by atoms with Gasteiger partial charge in [0.1, 0.15) is 0 Å². The number of hydrogen-bond acceptors (Lipinski definition) is 2. The van der Waals surface area contributed by atoms with Crippen LogP contribution in [-0.2, 0) is 27.4 Å². The molecule has 0 bridgehead atoms. The number of methoxy groups -OCH3 is 1. The molecular weight excluding hydrogens is 207 g/mol. The fraction of sp³-hybridized carbons (Fsp3) is 0.333. The van der Waals surface area contributed by atoms with Crippen LogP contribution in [0.15, 0.2) is 12.2 Å². The zero-order valence-corrected chi connectivity index (χ0v) is 6.94. The first-order valence-electron chi connectivity index (χ1n) is 2.43. The molecule has 0 aromatic heterocycles. The van der Waals surface area contributed by atoms with Crippen molar-refractivity contribution in [2.24, 2.45) is 0 Å². The summed E-state index contributed by atoms with van der Waals surface area (Å²) < 4.78 is 4.92. The molecule has 0 heterocycles. The average molecular weight is 215 g/mol. The molecule has 0 spiro atoms. The van der Waals surface area contributed by atoms with Crippen molar-refractivity contribution in [3.8, 4) is 0 Å². The van der Waals surface area contributed by atoms with Crippen LogP contribution in [0.2, 0.25) is 0 Å². The molecule has 0 N–H and O–H groups in total. The van der Waals surface area contributed by atoms with E-state index in [1.54, 1.807) is 12.2 Å². The second-order valence-corrected chi connectivity index (χ2v) is 2.20. The van der Waals surface area contributed by atoms with Gasteiger partial charge in [0, 0.05) is 0 Å². The summed E-state index contributed by atoms with van der Waals surface area (Å²) in [6, 6.07) is 0. The predicted octanol–water partition coefficient (Wildman–Crippen LogP) is 0.455. The molecule has 0 rings (SSSR count). The maximum atomic E-state index is 10.6. The molecule has 0 fully saturated rings. The first kappa shape index (κ1) is 8.70. The molecule has 0 aromatic carbocycles. The number of allylic oxidation sites excluding steroid dienone is 1. The average Bonchev–Trinajstić information content (AvgIpc) is 1.87. The Balaban J connectivity index is 3.89. The Kier molecular flexibility index (Phi) is 4.42. The van der Waals surface area contributed by atoms with Gasteiger partial charge in [-0.3, -0.25) is 0 Å². The van der Waals surface area contributed by atoms with Crippen LogP contribution < -0.4 is 0 Å². The molecule has 0 saturated carbocycles. The third-order valence-corrected chi connectivity index (χ3v) is 1.28. The minimum atomic E-state index is -0.319. The first-order chi connectivity index (χ1) is 4.22. The van der Waals surface area contributed by atoms with Crippen LogP contribution >= 0.6 is 0 Å². The van der Waals surface area contributed by atoms with Gasteiger partial charge in [-0.15, -0.1) is 0 Å². The van der Waals surface area contributed by atoms with E-state index in [1.165, 1.54) is 7.11 Å². The van der Waals surface area contributed by atoms with E-state index in [2.05, 4.69) is 22.6 Å². The number of rotatable bonds is 2. The quantitative estimate of drug-likeness (QED) is 0.494. The first-order valence-corrected chi connectivity index (χ1v) is 3.25. The van der Waals surface area contributed by atoms with Gasteiger partial charge in [0.05, 0.1) is 0 Å². The van der Waals surface area contributed by atoms with Crippen molar-refractivity contribution >= 4 is 10.1 Å². The Hall–Kier alpha value is -0.297. The molecule has 53 valence electrons. The van der Waals surface area contributed by atoms with Gasteiger partial charge in [-0.1, -0.05) is 0 Å². The summed E-state index contributed by atoms with van der Waals surface area (Å²) in [5.74, 6) is -0.319. The van der Waals surface area contributed by atoms with E-state index in [0.717, 1.165) is 0 Å². The van der Waals surface area contributed by atoms with Crippen molar-refractivity contribution < 1.29 is 27.4 Å². The van der Waals surface area contributed by atoms with E-state index in [9.17, 15) is 4.79 Å². The number of carbonyl (C=O) groups is 1. The van der Waals surface area contributed by atoms with Gasteiger partial charge in [0.25, 0.3) is 0 Å². The number of carbonyl (C=O) groups excluding carboxylic acids is 1. The zero-order valence-electron chi connectivity index (χ0n) is 5.30. The van der Waals surface area contributed by atoms with Crippen LogP contribution in [-0.4, -0.2) is 17.2 Å². The molecular formula is C6H8O2Rh. The maximum absolute atomic E-state index is 10.6. The van der Waals surface area contributed by atoms with Gasteiger partial charge < -0.3 is 0 Å². The molecule has 0 unspecified atom stereocenters. The topological polar surface area (TPSA) is 26.3 Å². The van der Waals surface area contributed by atoms with Crippen LogP contribution in [0.25, 0.3) is 0 Å². The Bertz CT molecular complexity index is 149. The predicted molar refractivity (Wildman–Crippen MR) is 31.8 cm³/mol. The second-order valence-electron chi connectivity index (χ2n) is 1.32. The summed E-state index contributed by atoms with van der Waals surface area (Å²) in [7, 11) is 1.35. The van der Waals surface area contributed by atoms with Gasteiger partial charge >= 0.3 is 63.6 Å². The van der Waals surface area contributed by atoms with Crippen molar-refractivity contribution in [3.05, 3.63) is 12.2 Å². The summed E-state index contributed by atoms with van der Waals surface area (Å²) in [6.07, 6.45) is 3.44. The van der Waals surface area contributed by atoms with Crippen LogP contribution in [0.3, 0.4) is 0 Å². The fourth-order valence-corrected chi connectivity index (χ4v) is 0.740. The SMILES string of the molecule is C/C=C/[C](=[Rh])C(=O)OC. The standard InChI is InChI=1S/C6H8O2.Rh/c1-3-4-5-6(7)8-2;/h3-4H,1-2H3;/b4-3+;. The molecule has 0 aliphatic carbocycles. The van der Waals surface area contributed by atoms with Crippen molar-refractivity contribution in [2.45, 2.75) is 6.92 Å². The van der Waals surface area contributed by atoms with Gasteiger partial charge in [-0.05, 0) is 0 Å². The van der Waals surface area contributed by atoms with Crippen molar-refractivity contribution in [3.63, 3.8) is 0 Å². The fourth-order valence-electron chi connectivity index (χ4n) is 0.300. The minimum absolute atomic E-state index is 0.319. The van der Waals surface area contributed by atoms with E-state index in [0.29, 0.717) is 4.11 Å². The number of esters is 1. The van der Waals surface area contributed by atoms with Crippen LogP contribution in [0.1, 0.15) is 6.92 Å². The van der Waals surface area contributed by atoms with E-state index < -0.39 is 0 Å². The summed E-state index contributed by atoms with van der Waals surface area (Å²) in [5.41, 5.74) is 0. The second kappa shape index (κ2) is 4.57. The monoisotopic (exact) mass is 215 g/mol. The van der Waals surface area contributed by atoms with Gasteiger partial charge in [-0.2, -0.15) is 0 Å². The Morgan fingerprint density at radius 2 is 2.22 bits per heavy atom. The summed E-state index contributed by atoms with van der Waals surface area (Å²) in [6.45, 7) is 1.84. The number of hydrogen-bond donors (Lipinski definition) is 0. The molecule has 0 aliphatic heterocycles. The third-order valence-electron chi connectivity index (χ3n) is 0.677. The molecule has 0 amide bonds. The Morgan fingerprint density at radius 3 is 2.56 bits per heavy atom. The molecule has 2 nitrogen and oxygen atoms in total. The van der Waals surface area contributed by atoms with E-state index >= 15 is 0 Å². The summed E-state index contributed by atoms with van der Waals surface area (Å²) in [4.78, 5) is 10.6. The van der Waals surface area contributed by atoms with E-state index in [1.807, 2.05) is 6.92 Å². The molecule has 0 saturated heterocycles. The van der Waals surface area contributed by atoms with Gasteiger partial charge in [-0.25, -0.2) is 0 Å². The third kappa shape index (κ3) is 3.31. The van der Waals surface area contributed by atoms with E-state index in [4.69, 9.17) is 0 Å². The van der Waals surface area contributed by atoms with E-state index in [-0.39, 0.29) is 5.97 Å². The van der Waals surface area contributed by atoms with Crippen molar-refractivity contribution in [2.75, 3.05) is 7.11 Å². The van der Waals surface area contributed by atoms with Crippen LogP contribution in [0.5, 0.6) is 0 Å². The molecule has 3 heteroatoms. The summed E-state index contributed by atoms with van der Waals surface area (Å²) in [5, 5.41) is 0. The molecule has 9 heavy (non-hydrogen) atoms. The molecule has 0 aliphatic rings. The molecule has 0 radical (unpaired) electrons. The Morgan fingerprint density at radius 1 is 1.67 bits per heavy atom. The van der Waals surface area contributed by atoms with Crippen LogP contribution in [0, 0.1) is 0 Å². The van der Waals surface area contributed by atoms with Crippen LogP contribution in [0.4, 0.5) is 0 Å². The summed E-state index contributed by atoms with van der Waals surface area (Å²) >= 11 is 2.48. The van der Waals surface area contributed by atoms with Crippen molar-refractivity contribution in [1.82, 2.24) is 0 Å². The normalized spacial score (nSPS) is 9.67. The van der Waals surface area contributed by atoms with Crippen molar-refractivity contribution in [1.29, 1.82) is 0 Å². The Labute approximate surface area is 64.1 Å². The molecule has 0 atom stereocenters. The number of ether oxygens (including phenoxy) is 1. The zero-order chi connectivity index (χ0) is 7.28. The van der Waals surface area contributed by atoms with Gasteiger partial charge in [0.15, 0.2) is 0 Å². The van der Waals surface area contributed by atoms with Gasteiger partial charge in [0.2, 0.25) is 0 Å².